The highest BCUT2D eigenvalue weighted by atomic mass is 32.1. The molecule has 0 fully saturated rings. The van der Waals surface area contributed by atoms with Crippen molar-refractivity contribution in [2.24, 2.45) is 0 Å². The molecule has 0 aliphatic rings. The van der Waals surface area contributed by atoms with Gasteiger partial charge in [0.25, 0.3) is 0 Å². The lowest BCUT2D eigenvalue weighted by molar-refractivity contribution is 0.306. The lowest BCUT2D eigenvalue weighted by Crippen LogP contribution is -2.02. The molecule has 0 aliphatic heterocycles. The molecule has 50 heavy (non-hydrogen) atoms. The molecule has 0 atom stereocenters. The van der Waals surface area contributed by atoms with Crippen molar-refractivity contribution in [1.82, 2.24) is 0 Å². The highest BCUT2D eigenvalue weighted by Gasteiger charge is 2.18. The van der Waals surface area contributed by atoms with Gasteiger partial charge in [-0.2, -0.15) is 0 Å². The van der Waals surface area contributed by atoms with Gasteiger partial charge in [0.1, 0.15) is 5.75 Å². The van der Waals surface area contributed by atoms with Crippen molar-refractivity contribution in [3.8, 4) is 59.4 Å². The molecule has 0 saturated heterocycles. The maximum Gasteiger partial charge on any atom is 0.356 e. The summed E-state index contributed by atoms with van der Waals surface area (Å²) in [5.74, 6) is 7.61. The van der Waals surface area contributed by atoms with E-state index in [4.69, 9.17) is 4.74 Å². The highest BCUT2D eigenvalue weighted by Crippen LogP contribution is 2.44. The fourth-order valence-electron chi connectivity index (χ4n) is 5.95. The molecule has 7 heteroatoms. The van der Waals surface area contributed by atoms with Gasteiger partial charge in [-0.3, -0.25) is 4.57 Å². The smallest absolute Gasteiger partial charge is 0.356 e. The fraction of sp³-hybridized carbons (Fsp3) is 0.349. The molecule has 0 aliphatic carbocycles. The SMILES string of the molecule is CCCCCCCCC#Cc1ccc(-c2ccc(-c3cc(C)c(-c4ccc(-c5ccc(P(=O)(O)O)cc5)s4)cc3OCCCCCC)s2)cc1. The van der Waals surface area contributed by atoms with E-state index >= 15 is 0 Å². The Labute approximate surface area is 306 Å². The number of rotatable bonds is 17. The van der Waals surface area contributed by atoms with Crippen molar-refractivity contribution < 1.29 is 19.1 Å². The van der Waals surface area contributed by atoms with Crippen LogP contribution in [0.25, 0.3) is 41.8 Å². The molecule has 0 amide bonds. The predicted molar refractivity (Wildman–Crippen MR) is 215 cm³/mol. The van der Waals surface area contributed by atoms with Crippen molar-refractivity contribution >= 4 is 35.6 Å². The predicted octanol–water partition coefficient (Wildman–Crippen LogP) is 12.7. The van der Waals surface area contributed by atoms with E-state index in [-0.39, 0.29) is 5.30 Å². The Morgan fingerprint density at radius 1 is 0.640 bits per heavy atom. The summed E-state index contributed by atoms with van der Waals surface area (Å²) in [6.45, 7) is 7.30. The number of ether oxygens (including phenoxy) is 1. The fourth-order valence-corrected chi connectivity index (χ4v) is 8.61. The van der Waals surface area contributed by atoms with E-state index in [2.05, 4.69) is 93.3 Å². The number of benzene rings is 3. The molecule has 4 nitrogen and oxygen atoms in total. The summed E-state index contributed by atoms with van der Waals surface area (Å²) in [5.41, 5.74) is 6.60. The van der Waals surface area contributed by atoms with Gasteiger partial charge < -0.3 is 14.5 Å². The summed E-state index contributed by atoms with van der Waals surface area (Å²) >= 11 is 3.45. The maximum absolute atomic E-state index is 11.6. The van der Waals surface area contributed by atoms with Crippen LogP contribution in [0.15, 0.2) is 84.9 Å². The molecule has 2 aromatic heterocycles. The molecule has 3 aromatic carbocycles. The molecule has 0 spiro atoms. The Bertz CT molecular complexity index is 1920. The number of hydrogen-bond donors (Lipinski definition) is 2. The molecule has 0 unspecified atom stereocenters. The minimum absolute atomic E-state index is 0.0299. The highest BCUT2D eigenvalue weighted by molar-refractivity contribution is 7.60. The Hall–Kier alpha value is -3.43. The largest absolute Gasteiger partial charge is 0.493 e. The Morgan fingerprint density at radius 3 is 1.80 bits per heavy atom. The summed E-state index contributed by atoms with van der Waals surface area (Å²) in [6.07, 6.45) is 13.3. The zero-order chi connectivity index (χ0) is 35.3. The number of thiophene rings is 2. The van der Waals surface area contributed by atoms with Gasteiger partial charge in [-0.05, 0) is 103 Å². The van der Waals surface area contributed by atoms with E-state index in [1.165, 1.54) is 84.4 Å². The average Bonchev–Trinajstić information content (AvgIpc) is 3.81. The van der Waals surface area contributed by atoms with E-state index in [1.54, 1.807) is 34.8 Å². The van der Waals surface area contributed by atoms with Crippen molar-refractivity contribution in [3.05, 3.63) is 96.1 Å². The molecule has 262 valence electrons. The molecular formula is C43H49O4PS2. The standard InChI is InChI=1S/C43H49O4PS2/c1-4-6-8-10-11-12-13-14-16-33-17-19-34(20-18-33)40-26-28-43(50-40)38-30-32(3)37(31-39(38)47-29-15-9-7-5-2)42-27-25-41(49-42)35-21-23-36(24-22-35)48(44,45)46/h17-28,30-31H,4-13,15,29H2,1-3H3,(H2,44,45,46). The quantitative estimate of drug-likeness (QED) is 0.0569. The van der Waals surface area contributed by atoms with Crippen LogP contribution in [0.3, 0.4) is 0 Å². The zero-order valence-electron chi connectivity index (χ0n) is 29.5. The van der Waals surface area contributed by atoms with Crippen LogP contribution in [-0.2, 0) is 4.57 Å². The van der Waals surface area contributed by atoms with E-state index in [0.29, 0.717) is 6.61 Å². The topological polar surface area (TPSA) is 66.8 Å². The molecule has 0 radical (unpaired) electrons. The maximum atomic E-state index is 11.6. The number of hydrogen-bond acceptors (Lipinski definition) is 4. The van der Waals surface area contributed by atoms with Crippen LogP contribution >= 0.6 is 30.3 Å². The van der Waals surface area contributed by atoms with E-state index in [9.17, 15) is 14.4 Å². The molecule has 5 aromatic rings. The van der Waals surface area contributed by atoms with E-state index in [1.807, 2.05) is 0 Å². The summed E-state index contributed by atoms with van der Waals surface area (Å²) in [7, 11) is -4.27. The van der Waals surface area contributed by atoms with Gasteiger partial charge in [-0.25, -0.2) is 0 Å². The second kappa shape index (κ2) is 18.7. The summed E-state index contributed by atoms with van der Waals surface area (Å²) in [6, 6.07) is 28.2. The van der Waals surface area contributed by atoms with Crippen LogP contribution in [0.4, 0.5) is 0 Å². The lowest BCUT2D eigenvalue weighted by Gasteiger charge is -2.15. The summed E-state index contributed by atoms with van der Waals surface area (Å²) in [5, 5.41) is 0.0299. The van der Waals surface area contributed by atoms with Gasteiger partial charge >= 0.3 is 7.60 Å². The average molecular weight is 725 g/mol. The van der Waals surface area contributed by atoms with Crippen molar-refractivity contribution in [3.63, 3.8) is 0 Å². The van der Waals surface area contributed by atoms with Gasteiger partial charge in [0.15, 0.2) is 0 Å². The Kier molecular flexibility index (Phi) is 14.1. The molecular weight excluding hydrogens is 676 g/mol. The number of aryl methyl sites for hydroxylation is 1. The van der Waals surface area contributed by atoms with E-state index < -0.39 is 7.60 Å². The van der Waals surface area contributed by atoms with Crippen LogP contribution in [0, 0.1) is 18.8 Å². The third-order valence-corrected chi connectivity index (χ3v) is 12.2. The van der Waals surface area contributed by atoms with Crippen LogP contribution in [-0.4, -0.2) is 16.4 Å². The van der Waals surface area contributed by atoms with E-state index in [0.717, 1.165) is 57.0 Å². The monoisotopic (exact) mass is 724 g/mol. The second-order valence-corrected chi connectivity index (χ2v) is 16.7. The van der Waals surface area contributed by atoms with Gasteiger partial charge in [-0.1, -0.05) is 101 Å². The van der Waals surface area contributed by atoms with Crippen LogP contribution in [0.2, 0.25) is 0 Å². The van der Waals surface area contributed by atoms with Crippen molar-refractivity contribution in [2.75, 3.05) is 6.61 Å². The van der Waals surface area contributed by atoms with Gasteiger partial charge in [0, 0.05) is 37.1 Å². The van der Waals surface area contributed by atoms with Gasteiger partial charge in [0.05, 0.1) is 11.9 Å². The lowest BCUT2D eigenvalue weighted by atomic mass is 10.0. The van der Waals surface area contributed by atoms with Gasteiger partial charge in [-0.15, -0.1) is 22.7 Å². The molecule has 0 bridgehead atoms. The molecule has 2 heterocycles. The van der Waals surface area contributed by atoms with Crippen LogP contribution < -0.4 is 10.0 Å². The first-order chi connectivity index (χ1) is 24.3. The molecule has 5 rings (SSSR count). The Morgan fingerprint density at radius 2 is 1.18 bits per heavy atom. The van der Waals surface area contributed by atoms with Crippen molar-refractivity contribution in [2.45, 2.75) is 91.4 Å². The second-order valence-electron chi connectivity index (χ2n) is 12.9. The summed E-state index contributed by atoms with van der Waals surface area (Å²) in [4.78, 5) is 23.6. The van der Waals surface area contributed by atoms with Crippen LogP contribution in [0.1, 0.15) is 95.6 Å². The summed E-state index contributed by atoms with van der Waals surface area (Å²) < 4.78 is 18.2. The molecule has 0 saturated carbocycles. The third-order valence-electron chi connectivity index (χ3n) is 8.87. The number of unbranched alkanes of at least 4 members (excludes halogenated alkanes) is 9. The Balaban J connectivity index is 1.34. The normalized spacial score (nSPS) is 11.4. The first-order valence-corrected chi connectivity index (χ1v) is 21.2. The minimum atomic E-state index is -4.27. The first-order valence-electron chi connectivity index (χ1n) is 18.0. The van der Waals surface area contributed by atoms with Crippen molar-refractivity contribution in [1.29, 1.82) is 0 Å². The van der Waals surface area contributed by atoms with Crippen LogP contribution in [0.5, 0.6) is 5.75 Å². The first kappa shape index (κ1) is 37.8. The third kappa shape index (κ3) is 10.5. The van der Waals surface area contributed by atoms with Gasteiger partial charge in [0.2, 0.25) is 0 Å². The zero-order valence-corrected chi connectivity index (χ0v) is 32.1. The minimum Gasteiger partial charge on any atom is -0.493 e. The molecule has 2 N–H and O–H groups in total.